The van der Waals surface area contributed by atoms with E-state index in [1.807, 2.05) is 42.6 Å². The van der Waals surface area contributed by atoms with Gasteiger partial charge in [-0.15, -0.1) is 11.3 Å². The summed E-state index contributed by atoms with van der Waals surface area (Å²) in [5.74, 6) is 0. The molecule has 0 radical (unpaired) electrons. The fourth-order valence-electron chi connectivity index (χ4n) is 2.14. The minimum Gasteiger partial charge on any atom is -0.326 e. The lowest BCUT2D eigenvalue weighted by atomic mass is 10.1. The van der Waals surface area contributed by atoms with Crippen LogP contribution in [-0.4, -0.2) is 16.0 Å². The lowest BCUT2D eigenvalue weighted by Crippen LogP contribution is -2.26. The zero-order chi connectivity index (χ0) is 14.7. The van der Waals surface area contributed by atoms with Crippen molar-refractivity contribution in [2.75, 3.05) is 0 Å². The van der Waals surface area contributed by atoms with Gasteiger partial charge in [-0.1, -0.05) is 36.9 Å². The highest BCUT2D eigenvalue weighted by Gasteiger charge is 2.22. The molecule has 0 aliphatic carbocycles. The van der Waals surface area contributed by atoms with Gasteiger partial charge in [-0.05, 0) is 30.7 Å². The molecule has 3 nitrogen and oxygen atoms in total. The van der Waals surface area contributed by atoms with Gasteiger partial charge in [-0.25, -0.2) is 4.98 Å². The van der Waals surface area contributed by atoms with Gasteiger partial charge < -0.3 is 5.73 Å². The summed E-state index contributed by atoms with van der Waals surface area (Å²) in [6, 6.07) is 14.3. The molecule has 2 N–H and O–H groups in total. The smallest absolute Gasteiger partial charge is 0.151 e. The summed E-state index contributed by atoms with van der Waals surface area (Å²) in [7, 11) is 0. The average Bonchev–Trinajstić information content (AvgIpc) is 2.95. The molecule has 0 amide bonds. The van der Waals surface area contributed by atoms with E-state index in [9.17, 15) is 0 Å². The summed E-state index contributed by atoms with van der Waals surface area (Å²) in [4.78, 5) is 9.17. The number of nitrogens with two attached hydrogens (primary N) is 1. The van der Waals surface area contributed by atoms with Gasteiger partial charge in [0.2, 0.25) is 0 Å². The van der Waals surface area contributed by atoms with Gasteiger partial charge in [-0.2, -0.15) is 0 Å². The SMILES string of the molecule is CCC(N)C(Sc1nc2ccccc2s1)c1ccccn1. The summed E-state index contributed by atoms with van der Waals surface area (Å²) < 4.78 is 2.26. The van der Waals surface area contributed by atoms with Crippen molar-refractivity contribution in [2.24, 2.45) is 5.73 Å². The number of thioether (sulfide) groups is 1. The van der Waals surface area contributed by atoms with Gasteiger partial charge in [-0.3, -0.25) is 4.98 Å². The Labute approximate surface area is 132 Å². The van der Waals surface area contributed by atoms with Gasteiger partial charge in [0.1, 0.15) is 0 Å². The predicted octanol–water partition coefficient (Wildman–Crippen LogP) is 4.26. The molecule has 0 saturated carbocycles. The number of pyridine rings is 1. The monoisotopic (exact) mass is 315 g/mol. The quantitative estimate of drug-likeness (QED) is 0.715. The zero-order valence-corrected chi connectivity index (χ0v) is 13.4. The van der Waals surface area contributed by atoms with Crippen molar-refractivity contribution in [2.45, 2.75) is 29.0 Å². The van der Waals surface area contributed by atoms with Crippen molar-refractivity contribution in [1.29, 1.82) is 0 Å². The number of fused-ring (bicyclic) bond motifs is 1. The largest absolute Gasteiger partial charge is 0.326 e. The van der Waals surface area contributed by atoms with Gasteiger partial charge in [0.25, 0.3) is 0 Å². The maximum Gasteiger partial charge on any atom is 0.151 e. The number of aromatic nitrogens is 2. The van der Waals surface area contributed by atoms with Crippen molar-refractivity contribution >= 4 is 33.3 Å². The van der Waals surface area contributed by atoms with E-state index in [2.05, 4.69) is 18.0 Å². The molecule has 0 saturated heterocycles. The van der Waals surface area contributed by atoms with Crippen molar-refractivity contribution in [1.82, 2.24) is 9.97 Å². The molecule has 2 atom stereocenters. The van der Waals surface area contributed by atoms with Crippen LogP contribution in [0.2, 0.25) is 0 Å². The number of thiazole rings is 1. The van der Waals surface area contributed by atoms with Crippen molar-refractivity contribution in [3.8, 4) is 0 Å². The Morgan fingerprint density at radius 3 is 2.71 bits per heavy atom. The molecule has 2 unspecified atom stereocenters. The maximum absolute atomic E-state index is 6.31. The number of nitrogens with zero attached hydrogens (tertiary/aromatic N) is 2. The Hall–Kier alpha value is -1.43. The predicted molar refractivity (Wildman–Crippen MR) is 90.7 cm³/mol. The molecule has 0 aliphatic rings. The molecule has 0 spiro atoms. The third kappa shape index (κ3) is 3.26. The van der Waals surface area contributed by atoms with E-state index in [1.165, 1.54) is 4.70 Å². The van der Waals surface area contributed by atoms with Crippen LogP contribution in [0.5, 0.6) is 0 Å². The lowest BCUT2D eigenvalue weighted by molar-refractivity contribution is 0.624. The van der Waals surface area contributed by atoms with E-state index in [-0.39, 0.29) is 11.3 Å². The maximum atomic E-state index is 6.31. The molecule has 1 aromatic carbocycles. The van der Waals surface area contributed by atoms with Crippen LogP contribution in [-0.2, 0) is 0 Å². The molecule has 0 aliphatic heterocycles. The summed E-state index contributed by atoms with van der Waals surface area (Å²) in [6.45, 7) is 2.11. The molecule has 108 valence electrons. The second-order valence-corrected chi connectivity index (χ2v) is 7.23. The van der Waals surface area contributed by atoms with E-state index in [0.29, 0.717) is 0 Å². The number of hydrogen-bond acceptors (Lipinski definition) is 5. The minimum atomic E-state index is 0.0666. The van der Waals surface area contributed by atoms with E-state index >= 15 is 0 Å². The first-order valence-electron chi connectivity index (χ1n) is 6.96. The molecule has 5 heteroatoms. The lowest BCUT2D eigenvalue weighted by Gasteiger charge is -2.20. The van der Waals surface area contributed by atoms with Crippen LogP contribution in [0, 0.1) is 0 Å². The van der Waals surface area contributed by atoms with Crippen LogP contribution in [0.4, 0.5) is 0 Å². The Morgan fingerprint density at radius 1 is 1.19 bits per heavy atom. The standard InChI is InChI=1S/C16H17N3S2/c1-2-11(17)15(13-8-5-6-10-18-13)21-16-19-12-7-3-4-9-14(12)20-16/h3-11,15H,2,17H2,1H3. The Morgan fingerprint density at radius 2 is 2.00 bits per heavy atom. The van der Waals surface area contributed by atoms with Crippen LogP contribution in [0.1, 0.15) is 24.3 Å². The second kappa shape index (κ2) is 6.56. The molecular weight excluding hydrogens is 298 g/mol. The minimum absolute atomic E-state index is 0.0666. The summed E-state index contributed by atoms with van der Waals surface area (Å²) in [5, 5.41) is 0.136. The van der Waals surface area contributed by atoms with Crippen LogP contribution < -0.4 is 5.73 Å². The van der Waals surface area contributed by atoms with Gasteiger partial charge in [0.15, 0.2) is 4.34 Å². The molecule has 3 rings (SSSR count). The summed E-state index contributed by atoms with van der Waals surface area (Å²) >= 11 is 3.44. The number of rotatable bonds is 5. The summed E-state index contributed by atoms with van der Waals surface area (Å²) in [6.07, 6.45) is 2.74. The second-order valence-electron chi connectivity index (χ2n) is 4.81. The number of para-hydroxylation sites is 1. The highest BCUT2D eigenvalue weighted by Crippen LogP contribution is 2.40. The molecule has 21 heavy (non-hydrogen) atoms. The Bertz CT molecular complexity index is 679. The van der Waals surface area contributed by atoms with E-state index in [0.717, 1.165) is 22.0 Å². The first-order chi connectivity index (χ1) is 10.3. The van der Waals surface area contributed by atoms with Crippen LogP contribution >= 0.6 is 23.1 Å². The van der Waals surface area contributed by atoms with Gasteiger partial charge in [0, 0.05) is 12.2 Å². The van der Waals surface area contributed by atoms with Crippen molar-refractivity contribution in [3.05, 3.63) is 54.4 Å². The van der Waals surface area contributed by atoms with Gasteiger partial charge >= 0.3 is 0 Å². The zero-order valence-electron chi connectivity index (χ0n) is 11.8. The molecule has 2 heterocycles. The Balaban J connectivity index is 1.90. The van der Waals surface area contributed by atoms with Gasteiger partial charge in [0.05, 0.1) is 21.2 Å². The number of benzene rings is 1. The molecule has 0 bridgehead atoms. The highest BCUT2D eigenvalue weighted by molar-refractivity contribution is 8.01. The summed E-state index contributed by atoms with van der Waals surface area (Å²) in [5.41, 5.74) is 8.38. The fourth-order valence-corrected chi connectivity index (χ4v) is 4.60. The van der Waals surface area contributed by atoms with Crippen LogP contribution in [0.25, 0.3) is 10.2 Å². The number of hydrogen-bond donors (Lipinski definition) is 1. The third-order valence-corrected chi connectivity index (χ3v) is 5.85. The van der Waals surface area contributed by atoms with Crippen molar-refractivity contribution < 1.29 is 0 Å². The first kappa shape index (κ1) is 14.5. The van der Waals surface area contributed by atoms with Crippen LogP contribution in [0.15, 0.2) is 53.0 Å². The normalized spacial score (nSPS) is 14.2. The average molecular weight is 315 g/mol. The topological polar surface area (TPSA) is 51.8 Å². The van der Waals surface area contributed by atoms with E-state index < -0.39 is 0 Å². The Kier molecular flexibility index (Phi) is 4.53. The van der Waals surface area contributed by atoms with E-state index in [1.54, 1.807) is 23.1 Å². The highest BCUT2D eigenvalue weighted by atomic mass is 32.2. The molecular formula is C16H17N3S2. The molecule has 3 aromatic rings. The fraction of sp³-hybridized carbons (Fsp3) is 0.250. The first-order valence-corrected chi connectivity index (χ1v) is 8.66. The molecule has 2 aromatic heterocycles. The molecule has 0 fully saturated rings. The van der Waals surface area contributed by atoms with E-state index in [4.69, 9.17) is 10.7 Å². The van der Waals surface area contributed by atoms with Crippen LogP contribution in [0.3, 0.4) is 0 Å². The third-order valence-electron chi connectivity index (χ3n) is 3.34. The van der Waals surface area contributed by atoms with Crippen molar-refractivity contribution in [3.63, 3.8) is 0 Å².